The molecule has 1 heterocycles. The van der Waals surface area contributed by atoms with Crippen LogP contribution in [-0.4, -0.2) is 35.4 Å². The quantitative estimate of drug-likeness (QED) is 0.693. The maximum Gasteiger partial charge on any atom is 0.329 e. The Bertz CT molecular complexity index is 374. The van der Waals surface area contributed by atoms with Crippen molar-refractivity contribution in [2.24, 2.45) is 0 Å². The highest BCUT2D eigenvalue weighted by Gasteiger charge is 2.05. The number of hydrogen-bond acceptors (Lipinski definition) is 5. The Balaban J connectivity index is 2.17. The Morgan fingerprint density at radius 2 is 2.31 bits per heavy atom. The van der Waals surface area contributed by atoms with E-state index in [0.29, 0.717) is 5.76 Å². The third-order valence-electron chi connectivity index (χ3n) is 1.60. The minimum atomic E-state index is -1.11. The molecule has 0 saturated heterocycles. The van der Waals surface area contributed by atoms with Crippen LogP contribution in [0.4, 0.5) is 0 Å². The summed E-state index contributed by atoms with van der Waals surface area (Å²) < 4.78 is 9.45. The maximum atomic E-state index is 11.1. The van der Waals surface area contributed by atoms with Gasteiger partial charge in [-0.05, 0) is 6.92 Å². The van der Waals surface area contributed by atoms with Gasteiger partial charge in [0.2, 0.25) is 5.91 Å². The summed E-state index contributed by atoms with van der Waals surface area (Å²) in [6.45, 7) is 1.19. The summed E-state index contributed by atoms with van der Waals surface area (Å²) in [4.78, 5) is 21.2. The summed E-state index contributed by atoms with van der Waals surface area (Å²) in [7, 11) is 0. The van der Waals surface area contributed by atoms with Gasteiger partial charge in [0.1, 0.15) is 13.2 Å². The van der Waals surface area contributed by atoms with E-state index in [4.69, 9.17) is 9.63 Å². The molecular formula is C9H12N2O5. The number of carboxylic acid groups (broad SMARTS) is 1. The molecule has 0 aromatic carbocycles. The van der Waals surface area contributed by atoms with Gasteiger partial charge in [-0.1, -0.05) is 5.16 Å². The number of rotatable bonds is 6. The number of aryl methyl sites for hydroxylation is 1. The summed E-state index contributed by atoms with van der Waals surface area (Å²) in [6, 6.07) is 1.69. The lowest BCUT2D eigenvalue weighted by atomic mass is 10.4. The van der Waals surface area contributed by atoms with Crippen LogP contribution in [0.25, 0.3) is 0 Å². The zero-order chi connectivity index (χ0) is 12.0. The zero-order valence-corrected chi connectivity index (χ0v) is 8.73. The molecule has 88 valence electrons. The first-order chi connectivity index (χ1) is 7.58. The van der Waals surface area contributed by atoms with E-state index >= 15 is 0 Å². The molecule has 7 heteroatoms. The number of nitrogens with zero attached hydrogens (tertiary/aromatic N) is 1. The Labute approximate surface area is 91.4 Å². The minimum Gasteiger partial charge on any atom is -0.480 e. The molecule has 0 atom stereocenters. The third kappa shape index (κ3) is 4.56. The van der Waals surface area contributed by atoms with Crippen molar-refractivity contribution in [3.8, 4) is 0 Å². The molecular weight excluding hydrogens is 216 g/mol. The molecule has 0 bridgehead atoms. The van der Waals surface area contributed by atoms with Crippen LogP contribution in [0.2, 0.25) is 0 Å². The van der Waals surface area contributed by atoms with Crippen molar-refractivity contribution >= 4 is 11.9 Å². The van der Waals surface area contributed by atoms with E-state index in [1.807, 2.05) is 0 Å². The number of carbonyl (C=O) groups excluding carboxylic acids is 1. The van der Waals surface area contributed by atoms with Gasteiger partial charge in [0.05, 0.1) is 12.2 Å². The number of hydrogen-bond donors (Lipinski definition) is 2. The molecule has 0 aliphatic carbocycles. The fourth-order valence-corrected chi connectivity index (χ4v) is 0.967. The number of carbonyl (C=O) groups is 2. The Morgan fingerprint density at radius 3 is 2.88 bits per heavy atom. The first kappa shape index (κ1) is 12.2. The van der Waals surface area contributed by atoms with Crippen molar-refractivity contribution in [3.05, 3.63) is 17.5 Å². The van der Waals surface area contributed by atoms with Crippen molar-refractivity contribution in [2.75, 3.05) is 13.2 Å². The molecule has 2 N–H and O–H groups in total. The number of aromatic nitrogens is 1. The Kier molecular flexibility index (Phi) is 4.46. The van der Waals surface area contributed by atoms with E-state index in [2.05, 4.69) is 15.2 Å². The van der Waals surface area contributed by atoms with Gasteiger partial charge in [0.25, 0.3) is 0 Å². The van der Waals surface area contributed by atoms with Crippen molar-refractivity contribution in [1.29, 1.82) is 0 Å². The van der Waals surface area contributed by atoms with E-state index in [1.54, 1.807) is 13.0 Å². The van der Waals surface area contributed by atoms with Gasteiger partial charge < -0.3 is 19.7 Å². The predicted molar refractivity (Wildman–Crippen MR) is 51.5 cm³/mol. The van der Waals surface area contributed by atoms with E-state index in [9.17, 15) is 9.59 Å². The molecule has 0 spiro atoms. The van der Waals surface area contributed by atoms with E-state index in [0.717, 1.165) is 5.69 Å². The van der Waals surface area contributed by atoms with E-state index in [-0.39, 0.29) is 13.2 Å². The number of carboxylic acids is 1. The topological polar surface area (TPSA) is 102 Å². The van der Waals surface area contributed by atoms with Gasteiger partial charge in [0, 0.05) is 6.07 Å². The highest BCUT2D eigenvalue weighted by atomic mass is 16.5. The van der Waals surface area contributed by atoms with Crippen LogP contribution in [0.5, 0.6) is 0 Å². The Hall–Kier alpha value is -1.89. The maximum absolute atomic E-state index is 11.1. The van der Waals surface area contributed by atoms with E-state index < -0.39 is 18.5 Å². The number of ether oxygens (including phenoxy) is 1. The molecule has 0 aliphatic heterocycles. The van der Waals surface area contributed by atoms with Crippen LogP contribution in [-0.2, 0) is 20.9 Å². The number of nitrogens with one attached hydrogen (secondary N) is 1. The van der Waals surface area contributed by atoms with Crippen LogP contribution in [0.3, 0.4) is 0 Å². The predicted octanol–water partition coefficient (Wildman–Crippen LogP) is -0.300. The second kappa shape index (κ2) is 5.86. The largest absolute Gasteiger partial charge is 0.480 e. The van der Waals surface area contributed by atoms with Crippen molar-refractivity contribution in [3.63, 3.8) is 0 Å². The third-order valence-corrected chi connectivity index (χ3v) is 1.60. The molecule has 1 amide bonds. The van der Waals surface area contributed by atoms with Crippen molar-refractivity contribution < 1.29 is 24.0 Å². The van der Waals surface area contributed by atoms with Gasteiger partial charge in [0.15, 0.2) is 5.76 Å². The molecule has 7 nitrogen and oxygen atoms in total. The van der Waals surface area contributed by atoms with Crippen LogP contribution in [0.1, 0.15) is 11.5 Å². The normalized spacial score (nSPS) is 10.1. The summed E-state index contributed by atoms with van der Waals surface area (Å²) in [6.07, 6.45) is 0. The molecule has 1 aromatic rings. The average molecular weight is 228 g/mol. The van der Waals surface area contributed by atoms with Crippen molar-refractivity contribution in [1.82, 2.24) is 10.5 Å². The molecule has 0 radical (unpaired) electrons. The summed E-state index contributed by atoms with van der Waals surface area (Å²) >= 11 is 0. The lowest BCUT2D eigenvalue weighted by Crippen LogP contribution is -2.28. The summed E-state index contributed by atoms with van der Waals surface area (Å²) in [5, 5.41) is 14.4. The SMILES string of the molecule is Cc1cc(CNC(=O)COCC(=O)O)on1. The lowest BCUT2D eigenvalue weighted by Gasteiger charge is -2.02. The van der Waals surface area contributed by atoms with Crippen LogP contribution in [0.15, 0.2) is 10.6 Å². The van der Waals surface area contributed by atoms with Crippen LogP contribution < -0.4 is 5.32 Å². The van der Waals surface area contributed by atoms with Gasteiger partial charge in [-0.3, -0.25) is 4.79 Å². The molecule has 1 rings (SSSR count). The van der Waals surface area contributed by atoms with Crippen LogP contribution >= 0.6 is 0 Å². The van der Waals surface area contributed by atoms with Gasteiger partial charge in [-0.15, -0.1) is 0 Å². The van der Waals surface area contributed by atoms with E-state index in [1.165, 1.54) is 0 Å². The number of amides is 1. The smallest absolute Gasteiger partial charge is 0.329 e. The first-order valence-electron chi connectivity index (χ1n) is 4.56. The summed E-state index contributed by atoms with van der Waals surface area (Å²) in [5.74, 6) is -0.988. The average Bonchev–Trinajstić information content (AvgIpc) is 2.61. The van der Waals surface area contributed by atoms with Gasteiger partial charge in [-0.2, -0.15) is 0 Å². The monoisotopic (exact) mass is 228 g/mol. The molecule has 0 aliphatic rings. The lowest BCUT2D eigenvalue weighted by molar-refractivity contribution is -0.143. The highest BCUT2D eigenvalue weighted by Crippen LogP contribution is 2.00. The van der Waals surface area contributed by atoms with Gasteiger partial charge >= 0.3 is 5.97 Å². The zero-order valence-electron chi connectivity index (χ0n) is 8.73. The summed E-state index contributed by atoms with van der Waals surface area (Å²) in [5.41, 5.74) is 0.728. The molecule has 16 heavy (non-hydrogen) atoms. The van der Waals surface area contributed by atoms with Gasteiger partial charge in [-0.25, -0.2) is 4.79 Å². The van der Waals surface area contributed by atoms with Crippen molar-refractivity contribution in [2.45, 2.75) is 13.5 Å². The van der Waals surface area contributed by atoms with Crippen LogP contribution in [0, 0.1) is 6.92 Å². The molecule has 0 saturated carbocycles. The second-order valence-corrected chi connectivity index (χ2v) is 3.10. The first-order valence-corrected chi connectivity index (χ1v) is 4.56. The standard InChI is InChI=1S/C9H12N2O5/c1-6-2-7(16-11-6)3-10-8(12)4-15-5-9(13)14/h2H,3-5H2,1H3,(H,10,12)(H,13,14). The molecule has 1 aromatic heterocycles. The second-order valence-electron chi connectivity index (χ2n) is 3.10. The number of aliphatic carboxylic acids is 1. The molecule has 0 unspecified atom stereocenters. The fourth-order valence-electron chi connectivity index (χ4n) is 0.967. The Morgan fingerprint density at radius 1 is 1.56 bits per heavy atom. The highest BCUT2D eigenvalue weighted by molar-refractivity contribution is 5.77. The fraction of sp³-hybridized carbons (Fsp3) is 0.444. The molecule has 0 fully saturated rings. The minimum absolute atomic E-state index is 0.204.